The number of carboxylic acids is 2. The first-order chi connectivity index (χ1) is 9.69. The fraction of sp³-hybridized carbons (Fsp3) is 0.800. The van der Waals surface area contributed by atoms with E-state index in [1.807, 2.05) is 6.92 Å². The van der Waals surface area contributed by atoms with Gasteiger partial charge in [0.25, 0.3) is 0 Å². The van der Waals surface area contributed by atoms with Crippen LogP contribution in [0.25, 0.3) is 0 Å². The molecule has 0 aromatic rings. The van der Waals surface area contributed by atoms with Gasteiger partial charge in [0.2, 0.25) is 0 Å². The Hall–Kier alpha value is -1.59. The zero-order valence-corrected chi connectivity index (χ0v) is 12.5. The predicted molar refractivity (Wildman–Crippen MR) is 72.4 cm³/mol. The van der Waals surface area contributed by atoms with Gasteiger partial charge < -0.3 is 14.9 Å². The molecule has 0 aromatic carbocycles. The highest BCUT2D eigenvalue weighted by atomic mass is 16.5. The van der Waals surface area contributed by atoms with Gasteiger partial charge in [-0.15, -0.1) is 0 Å². The number of hydrogen-bond donors (Lipinski definition) is 2. The number of esters is 1. The largest absolute Gasteiger partial charge is 0.481 e. The molecule has 2 rings (SSSR count). The van der Waals surface area contributed by atoms with Crippen LogP contribution in [-0.4, -0.2) is 34.2 Å². The molecule has 2 fully saturated rings. The van der Waals surface area contributed by atoms with Crippen molar-refractivity contribution in [2.75, 3.05) is 0 Å². The minimum Gasteiger partial charge on any atom is -0.481 e. The zero-order valence-electron chi connectivity index (χ0n) is 12.5. The van der Waals surface area contributed by atoms with E-state index in [4.69, 9.17) is 4.74 Å². The van der Waals surface area contributed by atoms with Crippen LogP contribution in [0.2, 0.25) is 0 Å². The Morgan fingerprint density at radius 1 is 1.10 bits per heavy atom. The van der Waals surface area contributed by atoms with Crippen molar-refractivity contribution in [1.29, 1.82) is 0 Å². The van der Waals surface area contributed by atoms with Crippen LogP contribution in [0.4, 0.5) is 0 Å². The molecule has 0 aromatic heterocycles. The molecule has 2 N–H and O–H groups in total. The molecule has 5 atom stereocenters. The zero-order chi connectivity index (χ0) is 15.9. The summed E-state index contributed by atoms with van der Waals surface area (Å²) >= 11 is 0. The number of fused-ring (bicyclic) bond motifs is 2. The fourth-order valence-corrected chi connectivity index (χ4v) is 3.57. The van der Waals surface area contributed by atoms with Crippen LogP contribution >= 0.6 is 0 Å². The van der Waals surface area contributed by atoms with Crippen molar-refractivity contribution < 1.29 is 29.3 Å². The summed E-state index contributed by atoms with van der Waals surface area (Å²) in [5.41, 5.74) is -0.604. The summed E-state index contributed by atoms with van der Waals surface area (Å²) in [7, 11) is 0. The molecule has 0 amide bonds. The normalized spacial score (nSPS) is 34.7. The second-order valence-corrected chi connectivity index (χ2v) is 6.80. The molecule has 2 bridgehead atoms. The number of carboxylic acid groups (broad SMARTS) is 2. The Bertz CT molecular complexity index is 469. The minimum absolute atomic E-state index is 0.212. The monoisotopic (exact) mass is 298 g/mol. The molecule has 0 saturated heterocycles. The van der Waals surface area contributed by atoms with Crippen LogP contribution in [-0.2, 0) is 19.1 Å². The third-order valence-corrected chi connectivity index (χ3v) is 5.21. The van der Waals surface area contributed by atoms with E-state index in [2.05, 4.69) is 0 Å². The highest BCUT2D eigenvalue weighted by molar-refractivity contribution is 5.82. The molecule has 2 saturated carbocycles. The van der Waals surface area contributed by atoms with Gasteiger partial charge in [0.05, 0.1) is 17.3 Å². The lowest BCUT2D eigenvalue weighted by molar-refractivity contribution is -0.170. The standard InChI is InChI=1S/C15H22O6/c1-4-15(2,3)14(20)21-9-6-7-5-8(9)11(13(18)19)10(7)12(16)17/h7-11H,4-6H2,1-3H3,(H,16,17)(H,18,19). The minimum atomic E-state index is -1.11. The van der Waals surface area contributed by atoms with Gasteiger partial charge in [-0.2, -0.15) is 0 Å². The van der Waals surface area contributed by atoms with Crippen LogP contribution in [0, 0.1) is 29.1 Å². The topological polar surface area (TPSA) is 101 Å². The second-order valence-electron chi connectivity index (χ2n) is 6.80. The van der Waals surface area contributed by atoms with Crippen LogP contribution < -0.4 is 0 Å². The molecule has 2 aliphatic carbocycles. The SMILES string of the molecule is CCC(C)(C)C(=O)OC1CC2CC1C(C(=O)O)C2C(=O)O. The number of carbonyl (C=O) groups excluding carboxylic acids is 1. The van der Waals surface area contributed by atoms with Gasteiger partial charge in [0.15, 0.2) is 0 Å². The molecule has 5 unspecified atom stereocenters. The van der Waals surface area contributed by atoms with Crippen molar-refractivity contribution in [3.8, 4) is 0 Å². The van der Waals surface area contributed by atoms with Crippen LogP contribution in [0.1, 0.15) is 40.0 Å². The molecule has 6 heteroatoms. The maximum Gasteiger partial charge on any atom is 0.311 e. The van der Waals surface area contributed by atoms with E-state index in [1.165, 1.54) is 0 Å². The first-order valence-electron chi connectivity index (χ1n) is 7.35. The molecule has 0 spiro atoms. The second kappa shape index (κ2) is 5.31. The molecular formula is C15H22O6. The lowest BCUT2D eigenvalue weighted by Gasteiger charge is -2.32. The van der Waals surface area contributed by atoms with Gasteiger partial charge in [-0.1, -0.05) is 6.92 Å². The molecule has 0 aliphatic heterocycles. The number of carbonyl (C=O) groups is 3. The Morgan fingerprint density at radius 2 is 1.67 bits per heavy atom. The number of aliphatic carboxylic acids is 2. The Kier molecular flexibility index (Phi) is 4.00. The van der Waals surface area contributed by atoms with Crippen molar-refractivity contribution in [2.24, 2.45) is 29.1 Å². The number of hydrogen-bond acceptors (Lipinski definition) is 4. The molecule has 21 heavy (non-hydrogen) atoms. The van der Waals surface area contributed by atoms with Crippen molar-refractivity contribution in [3.63, 3.8) is 0 Å². The van der Waals surface area contributed by atoms with E-state index in [0.29, 0.717) is 19.3 Å². The third kappa shape index (κ3) is 2.63. The lowest BCUT2D eigenvalue weighted by atomic mass is 9.77. The van der Waals surface area contributed by atoms with Crippen LogP contribution in [0.15, 0.2) is 0 Å². The van der Waals surface area contributed by atoms with E-state index in [9.17, 15) is 24.6 Å². The first-order valence-corrected chi connectivity index (χ1v) is 7.35. The summed E-state index contributed by atoms with van der Waals surface area (Å²) in [5.74, 6) is -4.91. The average Bonchev–Trinajstić information content (AvgIpc) is 2.95. The summed E-state index contributed by atoms with van der Waals surface area (Å²) in [5, 5.41) is 18.5. The van der Waals surface area contributed by atoms with Crippen molar-refractivity contribution in [3.05, 3.63) is 0 Å². The van der Waals surface area contributed by atoms with Gasteiger partial charge in [0.1, 0.15) is 6.10 Å². The Labute approximate surface area is 123 Å². The van der Waals surface area contributed by atoms with Crippen molar-refractivity contribution in [2.45, 2.75) is 46.1 Å². The number of rotatable bonds is 5. The summed E-state index contributed by atoms with van der Waals surface area (Å²) in [4.78, 5) is 34.8. The smallest absolute Gasteiger partial charge is 0.311 e. The first kappa shape index (κ1) is 15.8. The molecule has 0 radical (unpaired) electrons. The third-order valence-electron chi connectivity index (χ3n) is 5.21. The predicted octanol–water partition coefficient (Wildman–Crippen LogP) is 1.78. The molecular weight excluding hydrogens is 276 g/mol. The quantitative estimate of drug-likeness (QED) is 0.750. The summed E-state index contributed by atoms with van der Waals surface area (Å²) in [6, 6.07) is 0. The maximum absolute atomic E-state index is 12.1. The van der Waals surface area contributed by atoms with E-state index >= 15 is 0 Å². The van der Waals surface area contributed by atoms with Crippen LogP contribution in [0.3, 0.4) is 0 Å². The van der Waals surface area contributed by atoms with E-state index in [0.717, 1.165) is 0 Å². The molecule has 118 valence electrons. The Morgan fingerprint density at radius 3 is 2.14 bits per heavy atom. The van der Waals surface area contributed by atoms with Crippen LogP contribution in [0.5, 0.6) is 0 Å². The van der Waals surface area contributed by atoms with Gasteiger partial charge in [-0.05, 0) is 39.0 Å². The highest BCUT2D eigenvalue weighted by Crippen LogP contribution is 2.53. The van der Waals surface area contributed by atoms with Crippen molar-refractivity contribution >= 4 is 17.9 Å². The summed E-state index contributed by atoms with van der Waals surface area (Å²) in [6.45, 7) is 5.47. The summed E-state index contributed by atoms with van der Waals surface area (Å²) < 4.78 is 5.51. The van der Waals surface area contributed by atoms with E-state index in [1.54, 1.807) is 13.8 Å². The molecule has 6 nitrogen and oxygen atoms in total. The summed E-state index contributed by atoms with van der Waals surface area (Å²) in [6.07, 6.45) is 1.13. The van der Waals surface area contributed by atoms with Crippen molar-refractivity contribution in [1.82, 2.24) is 0 Å². The average molecular weight is 298 g/mol. The fourth-order valence-electron chi connectivity index (χ4n) is 3.57. The van der Waals surface area contributed by atoms with Gasteiger partial charge >= 0.3 is 17.9 Å². The van der Waals surface area contributed by atoms with Gasteiger partial charge in [0, 0.05) is 5.92 Å². The highest BCUT2D eigenvalue weighted by Gasteiger charge is 2.59. The number of ether oxygens (including phenoxy) is 1. The lowest BCUT2D eigenvalue weighted by Crippen LogP contribution is -2.42. The molecule has 2 aliphatic rings. The Balaban J connectivity index is 2.12. The van der Waals surface area contributed by atoms with E-state index in [-0.39, 0.29) is 17.8 Å². The molecule has 0 heterocycles. The van der Waals surface area contributed by atoms with E-state index < -0.39 is 35.3 Å². The van der Waals surface area contributed by atoms with Gasteiger partial charge in [-0.25, -0.2) is 0 Å². The maximum atomic E-state index is 12.1. The van der Waals surface area contributed by atoms with Gasteiger partial charge in [-0.3, -0.25) is 14.4 Å².